The lowest BCUT2D eigenvalue weighted by Crippen LogP contribution is -2.38. The number of amides is 4. The molecule has 0 bridgehead atoms. The number of carbonyl (C=O) groups excluding carboxylic acids is 4. The van der Waals surface area contributed by atoms with Gasteiger partial charge in [0, 0.05) is 44.8 Å². The van der Waals surface area contributed by atoms with Crippen LogP contribution in [0.1, 0.15) is 71.6 Å². The summed E-state index contributed by atoms with van der Waals surface area (Å²) in [5.74, 6) is 0.260. The van der Waals surface area contributed by atoms with Gasteiger partial charge in [-0.1, -0.05) is 19.8 Å². The Kier molecular flexibility index (Phi) is 8.93. The summed E-state index contributed by atoms with van der Waals surface area (Å²) in [6, 6.07) is 0. The average Bonchev–Trinajstić information content (AvgIpc) is 2.90. The van der Waals surface area contributed by atoms with Crippen molar-refractivity contribution in [1.29, 1.82) is 0 Å². The Hall–Kier alpha value is -1.92. The van der Waals surface area contributed by atoms with Crippen molar-refractivity contribution in [1.82, 2.24) is 15.5 Å². The standard InChI is InChI=1S/C21H35N3O4/c1-15-13-19(26)24(21(15)28)14-17-7-9-18(10-8-17)20(27)23-12-6-4-3-5-11-22-16(2)25/h15,17-18H,3-14H2,1-2H3,(H,22,25)(H,23,27). The molecule has 1 unspecified atom stereocenters. The molecule has 1 heterocycles. The van der Waals surface area contributed by atoms with Gasteiger partial charge < -0.3 is 10.6 Å². The summed E-state index contributed by atoms with van der Waals surface area (Å²) < 4.78 is 0. The van der Waals surface area contributed by atoms with Crippen LogP contribution in [-0.2, 0) is 19.2 Å². The van der Waals surface area contributed by atoms with Crippen molar-refractivity contribution >= 4 is 23.6 Å². The summed E-state index contributed by atoms with van der Waals surface area (Å²) in [5.41, 5.74) is 0. The van der Waals surface area contributed by atoms with E-state index in [4.69, 9.17) is 0 Å². The zero-order chi connectivity index (χ0) is 20.5. The lowest BCUT2D eigenvalue weighted by Gasteiger charge is -2.30. The highest BCUT2D eigenvalue weighted by molar-refractivity contribution is 6.03. The highest BCUT2D eigenvalue weighted by Gasteiger charge is 2.37. The molecule has 4 amide bonds. The Morgan fingerprint density at radius 3 is 2.11 bits per heavy atom. The number of likely N-dealkylation sites (tertiary alicyclic amines) is 1. The van der Waals surface area contributed by atoms with E-state index in [0.29, 0.717) is 25.4 Å². The van der Waals surface area contributed by atoms with Crippen LogP contribution in [0.5, 0.6) is 0 Å². The molecule has 7 nitrogen and oxygen atoms in total. The first-order valence-electron chi connectivity index (χ1n) is 10.7. The number of imide groups is 1. The molecular formula is C21H35N3O4. The molecule has 2 N–H and O–H groups in total. The van der Waals surface area contributed by atoms with Gasteiger partial charge in [0.05, 0.1) is 0 Å². The maximum atomic E-state index is 12.3. The minimum absolute atomic E-state index is 0.00942. The molecule has 158 valence electrons. The topological polar surface area (TPSA) is 95.6 Å². The molecule has 0 aromatic heterocycles. The van der Waals surface area contributed by atoms with Gasteiger partial charge in [0.15, 0.2) is 0 Å². The van der Waals surface area contributed by atoms with Crippen LogP contribution in [0.2, 0.25) is 0 Å². The van der Waals surface area contributed by atoms with E-state index in [1.807, 2.05) is 6.92 Å². The van der Waals surface area contributed by atoms with Crippen molar-refractivity contribution in [3.8, 4) is 0 Å². The molecule has 1 atom stereocenters. The van der Waals surface area contributed by atoms with Crippen LogP contribution in [0.15, 0.2) is 0 Å². The van der Waals surface area contributed by atoms with E-state index in [9.17, 15) is 19.2 Å². The van der Waals surface area contributed by atoms with Crippen LogP contribution in [0, 0.1) is 17.8 Å². The van der Waals surface area contributed by atoms with E-state index < -0.39 is 0 Å². The summed E-state index contributed by atoms with van der Waals surface area (Å²) in [6.07, 6.45) is 7.81. The number of hydrogen-bond donors (Lipinski definition) is 2. The first kappa shape index (κ1) is 22.4. The van der Waals surface area contributed by atoms with Crippen LogP contribution in [0.3, 0.4) is 0 Å². The molecule has 2 aliphatic rings. The van der Waals surface area contributed by atoms with E-state index in [1.165, 1.54) is 11.8 Å². The summed E-state index contributed by atoms with van der Waals surface area (Å²) >= 11 is 0. The van der Waals surface area contributed by atoms with Crippen molar-refractivity contribution in [3.05, 3.63) is 0 Å². The number of hydrogen-bond acceptors (Lipinski definition) is 4. The fourth-order valence-electron chi connectivity index (χ4n) is 4.13. The second kappa shape index (κ2) is 11.2. The number of nitrogens with zero attached hydrogens (tertiary/aromatic N) is 1. The van der Waals surface area contributed by atoms with Crippen molar-refractivity contribution in [2.45, 2.75) is 71.6 Å². The molecule has 2 rings (SSSR count). The molecule has 0 radical (unpaired) electrons. The first-order chi connectivity index (χ1) is 13.4. The van der Waals surface area contributed by atoms with E-state index in [-0.39, 0.29) is 35.5 Å². The predicted octanol–water partition coefficient (Wildman–Crippen LogP) is 2.00. The molecule has 0 aromatic rings. The van der Waals surface area contributed by atoms with Crippen molar-refractivity contribution in [3.63, 3.8) is 0 Å². The van der Waals surface area contributed by atoms with E-state index in [2.05, 4.69) is 10.6 Å². The van der Waals surface area contributed by atoms with Crippen molar-refractivity contribution in [2.75, 3.05) is 19.6 Å². The van der Waals surface area contributed by atoms with Crippen LogP contribution in [0.25, 0.3) is 0 Å². The summed E-state index contributed by atoms with van der Waals surface area (Å²) in [7, 11) is 0. The molecule has 7 heteroatoms. The van der Waals surface area contributed by atoms with Gasteiger partial charge in [0.25, 0.3) is 0 Å². The fourth-order valence-corrected chi connectivity index (χ4v) is 4.13. The van der Waals surface area contributed by atoms with Crippen molar-refractivity contribution in [2.24, 2.45) is 17.8 Å². The lowest BCUT2D eigenvalue weighted by atomic mass is 9.81. The van der Waals surface area contributed by atoms with Gasteiger partial charge in [0.1, 0.15) is 0 Å². The van der Waals surface area contributed by atoms with Gasteiger partial charge in [0.2, 0.25) is 23.6 Å². The Morgan fingerprint density at radius 2 is 1.57 bits per heavy atom. The van der Waals surface area contributed by atoms with Gasteiger partial charge in [-0.25, -0.2) is 0 Å². The van der Waals surface area contributed by atoms with Crippen molar-refractivity contribution < 1.29 is 19.2 Å². The molecule has 1 aliphatic carbocycles. The Labute approximate surface area is 168 Å². The molecular weight excluding hydrogens is 358 g/mol. The molecule has 28 heavy (non-hydrogen) atoms. The second-order valence-electron chi connectivity index (χ2n) is 8.35. The average molecular weight is 394 g/mol. The molecule has 0 aromatic carbocycles. The van der Waals surface area contributed by atoms with Gasteiger partial charge in [-0.05, 0) is 44.4 Å². The largest absolute Gasteiger partial charge is 0.356 e. The molecule has 1 saturated heterocycles. The highest BCUT2D eigenvalue weighted by Crippen LogP contribution is 2.31. The molecule has 2 fully saturated rings. The zero-order valence-corrected chi connectivity index (χ0v) is 17.3. The SMILES string of the molecule is CC(=O)NCCCCCCNC(=O)C1CCC(CN2C(=O)CC(C)C2=O)CC1. The number of rotatable bonds is 10. The summed E-state index contributed by atoms with van der Waals surface area (Å²) in [4.78, 5) is 48.5. The van der Waals surface area contributed by atoms with E-state index in [0.717, 1.165) is 57.9 Å². The van der Waals surface area contributed by atoms with E-state index in [1.54, 1.807) is 0 Å². The Bertz CT molecular complexity index is 570. The number of carbonyl (C=O) groups is 4. The molecule has 0 spiro atoms. The van der Waals surface area contributed by atoms with E-state index >= 15 is 0 Å². The first-order valence-corrected chi connectivity index (χ1v) is 10.7. The van der Waals surface area contributed by atoms with Crippen LogP contribution < -0.4 is 10.6 Å². The summed E-state index contributed by atoms with van der Waals surface area (Å²) in [6.45, 7) is 5.28. The monoisotopic (exact) mass is 393 g/mol. The molecule has 1 saturated carbocycles. The zero-order valence-electron chi connectivity index (χ0n) is 17.3. The fraction of sp³-hybridized carbons (Fsp3) is 0.810. The lowest BCUT2D eigenvalue weighted by molar-refractivity contribution is -0.140. The van der Waals surface area contributed by atoms with Crippen LogP contribution in [0.4, 0.5) is 0 Å². The smallest absolute Gasteiger partial charge is 0.232 e. The third-order valence-corrected chi connectivity index (χ3v) is 5.90. The maximum Gasteiger partial charge on any atom is 0.232 e. The Balaban J connectivity index is 1.55. The van der Waals surface area contributed by atoms with Gasteiger partial charge >= 0.3 is 0 Å². The van der Waals surface area contributed by atoms with Crippen LogP contribution in [-0.4, -0.2) is 48.2 Å². The maximum absolute atomic E-state index is 12.3. The normalized spacial score (nSPS) is 25.1. The Morgan fingerprint density at radius 1 is 0.964 bits per heavy atom. The third-order valence-electron chi connectivity index (χ3n) is 5.90. The quantitative estimate of drug-likeness (QED) is 0.438. The summed E-state index contributed by atoms with van der Waals surface area (Å²) in [5, 5.41) is 5.82. The highest BCUT2D eigenvalue weighted by atomic mass is 16.2. The van der Waals surface area contributed by atoms with Gasteiger partial charge in [-0.3, -0.25) is 24.1 Å². The number of unbranched alkanes of at least 4 members (excludes halogenated alkanes) is 3. The van der Waals surface area contributed by atoms with Gasteiger partial charge in [-0.15, -0.1) is 0 Å². The molecule has 1 aliphatic heterocycles. The predicted molar refractivity (Wildman–Crippen MR) is 106 cm³/mol. The van der Waals surface area contributed by atoms with Gasteiger partial charge in [-0.2, -0.15) is 0 Å². The van der Waals surface area contributed by atoms with Crippen LogP contribution >= 0.6 is 0 Å². The number of nitrogens with one attached hydrogen (secondary N) is 2. The third kappa shape index (κ3) is 6.91. The minimum atomic E-state index is -0.181. The minimum Gasteiger partial charge on any atom is -0.356 e. The second-order valence-corrected chi connectivity index (χ2v) is 8.35.